The van der Waals surface area contributed by atoms with Gasteiger partial charge in [0.1, 0.15) is 18.0 Å². The summed E-state index contributed by atoms with van der Waals surface area (Å²) < 4.78 is 1.64. The molecule has 154 valence electrons. The summed E-state index contributed by atoms with van der Waals surface area (Å²) in [5, 5.41) is 30.4. The maximum absolute atomic E-state index is 10.3. The molecule has 0 bridgehead atoms. The van der Waals surface area contributed by atoms with Gasteiger partial charge in [-0.05, 0) is 32.4 Å². The van der Waals surface area contributed by atoms with Crippen LogP contribution in [0.2, 0.25) is 0 Å². The molecule has 4 heterocycles. The predicted molar refractivity (Wildman–Crippen MR) is 112 cm³/mol. The van der Waals surface area contributed by atoms with Crippen LogP contribution in [0, 0.1) is 11.3 Å². The number of aryl methyl sites for hydroxylation is 1. The van der Waals surface area contributed by atoms with Crippen molar-refractivity contribution in [2.75, 3.05) is 5.01 Å². The quantitative estimate of drug-likeness (QED) is 0.670. The van der Waals surface area contributed by atoms with Gasteiger partial charge in [-0.15, -0.1) is 5.10 Å². The molecule has 1 atom stereocenters. The van der Waals surface area contributed by atoms with Gasteiger partial charge in [0, 0.05) is 30.8 Å². The number of fused-ring (bicyclic) bond motifs is 1. The molecular weight excluding hydrogens is 380 g/mol. The van der Waals surface area contributed by atoms with Crippen molar-refractivity contribution in [3.8, 4) is 6.07 Å². The zero-order valence-electron chi connectivity index (χ0n) is 17.3. The molecule has 9 heteroatoms. The molecule has 30 heavy (non-hydrogen) atoms. The lowest BCUT2D eigenvalue weighted by molar-refractivity contribution is 0.0690. The lowest BCUT2D eigenvalue weighted by Crippen LogP contribution is -2.30. The maximum atomic E-state index is 10.3. The number of hydrogen-bond acceptors (Lipinski definition) is 8. The molecule has 1 N–H and O–H groups in total. The molecule has 0 radical (unpaired) electrons. The highest BCUT2D eigenvalue weighted by Crippen LogP contribution is 2.27. The van der Waals surface area contributed by atoms with E-state index in [1.807, 2.05) is 11.2 Å². The van der Waals surface area contributed by atoms with Crippen LogP contribution in [0.5, 0.6) is 0 Å². The number of hydrogen-bond donors (Lipinski definition) is 1. The number of hydrazone groups is 1. The van der Waals surface area contributed by atoms with Gasteiger partial charge >= 0.3 is 0 Å². The number of anilines is 1. The van der Waals surface area contributed by atoms with Crippen molar-refractivity contribution in [1.29, 1.82) is 5.26 Å². The minimum atomic E-state index is -1.13. The minimum absolute atomic E-state index is 0.00855. The van der Waals surface area contributed by atoms with Crippen molar-refractivity contribution < 1.29 is 5.11 Å². The molecular formula is C21H24N8O. The predicted octanol–water partition coefficient (Wildman–Crippen LogP) is 2.38. The molecule has 1 aliphatic heterocycles. The molecule has 0 amide bonds. The number of aromatic nitrogens is 5. The molecule has 3 aromatic rings. The highest BCUT2D eigenvalue weighted by Gasteiger charge is 2.28. The second-order valence-electron chi connectivity index (χ2n) is 7.91. The number of nitrogens with zero attached hydrogens (tertiary/aromatic N) is 8. The highest BCUT2D eigenvalue weighted by molar-refractivity contribution is 5.68. The SMILES string of the molecule is CCCc1c(CC2CC=NN2c2ncccc2C#N)ncn2nc(C(C)(C)O)nc12. The van der Waals surface area contributed by atoms with E-state index >= 15 is 0 Å². The van der Waals surface area contributed by atoms with E-state index in [1.165, 1.54) is 0 Å². The topological polar surface area (TPSA) is 116 Å². The van der Waals surface area contributed by atoms with Gasteiger partial charge < -0.3 is 5.11 Å². The molecule has 1 unspecified atom stereocenters. The molecule has 0 fully saturated rings. The van der Waals surface area contributed by atoms with Crippen LogP contribution in [0.25, 0.3) is 5.65 Å². The Morgan fingerprint density at radius 1 is 1.33 bits per heavy atom. The fourth-order valence-corrected chi connectivity index (χ4v) is 3.62. The molecule has 0 aliphatic carbocycles. The van der Waals surface area contributed by atoms with E-state index in [0.717, 1.165) is 36.2 Å². The first-order valence-corrected chi connectivity index (χ1v) is 10.0. The van der Waals surface area contributed by atoms with Gasteiger partial charge in [-0.2, -0.15) is 10.4 Å². The van der Waals surface area contributed by atoms with Gasteiger partial charge in [0.25, 0.3) is 0 Å². The summed E-state index contributed by atoms with van der Waals surface area (Å²) in [5.74, 6) is 0.931. The molecule has 0 aromatic carbocycles. The van der Waals surface area contributed by atoms with Gasteiger partial charge in [-0.3, -0.25) is 0 Å². The van der Waals surface area contributed by atoms with Crippen LogP contribution in [0.3, 0.4) is 0 Å². The van der Waals surface area contributed by atoms with Gasteiger partial charge in [0.05, 0.1) is 17.3 Å². The third-order valence-electron chi connectivity index (χ3n) is 5.10. The lowest BCUT2D eigenvalue weighted by Gasteiger charge is -2.24. The summed E-state index contributed by atoms with van der Waals surface area (Å²) in [4.78, 5) is 13.6. The number of nitriles is 1. The smallest absolute Gasteiger partial charge is 0.182 e. The van der Waals surface area contributed by atoms with Crippen molar-refractivity contribution >= 4 is 17.7 Å². The van der Waals surface area contributed by atoms with E-state index in [0.29, 0.717) is 23.6 Å². The van der Waals surface area contributed by atoms with E-state index in [2.05, 4.69) is 38.1 Å². The van der Waals surface area contributed by atoms with Gasteiger partial charge in [0.15, 0.2) is 17.3 Å². The number of rotatable bonds is 6. The summed E-state index contributed by atoms with van der Waals surface area (Å²) >= 11 is 0. The van der Waals surface area contributed by atoms with Crippen LogP contribution < -0.4 is 5.01 Å². The molecule has 1 aliphatic rings. The summed E-state index contributed by atoms with van der Waals surface area (Å²) in [6, 6.07) is 5.69. The van der Waals surface area contributed by atoms with E-state index in [-0.39, 0.29) is 6.04 Å². The van der Waals surface area contributed by atoms with E-state index in [4.69, 9.17) is 0 Å². The standard InChI is InChI=1S/C21H24N8O/c1-4-6-16-17(24-13-28-19(16)26-20(27-28)21(2,3)30)11-15-8-10-25-29(15)18-14(12-22)7-5-9-23-18/h5,7,9-10,13,15,30H,4,6,8,11H2,1-3H3. The van der Waals surface area contributed by atoms with Crippen LogP contribution in [0.4, 0.5) is 5.82 Å². The molecule has 4 rings (SSSR count). The lowest BCUT2D eigenvalue weighted by atomic mass is 10.0. The Morgan fingerprint density at radius 2 is 2.17 bits per heavy atom. The Kier molecular flexibility index (Phi) is 5.18. The van der Waals surface area contributed by atoms with Crippen molar-refractivity contribution in [3.05, 3.63) is 47.3 Å². The molecule has 0 saturated heterocycles. The summed E-state index contributed by atoms with van der Waals surface area (Å²) in [7, 11) is 0. The average Bonchev–Trinajstić information content (AvgIpc) is 3.36. The summed E-state index contributed by atoms with van der Waals surface area (Å²) in [6.45, 7) is 5.45. The fourth-order valence-electron chi connectivity index (χ4n) is 3.62. The normalized spacial score (nSPS) is 16.4. The zero-order chi connectivity index (χ0) is 21.3. The zero-order valence-corrected chi connectivity index (χ0v) is 17.3. The van der Waals surface area contributed by atoms with Gasteiger partial charge in [-0.25, -0.2) is 24.5 Å². The maximum Gasteiger partial charge on any atom is 0.182 e. The Hall–Kier alpha value is -3.38. The second kappa shape index (κ2) is 7.80. The Morgan fingerprint density at radius 3 is 2.90 bits per heavy atom. The van der Waals surface area contributed by atoms with Gasteiger partial charge in [-0.1, -0.05) is 13.3 Å². The highest BCUT2D eigenvalue weighted by atomic mass is 16.3. The van der Waals surface area contributed by atoms with Crippen LogP contribution in [0.15, 0.2) is 29.8 Å². The summed E-state index contributed by atoms with van der Waals surface area (Å²) in [5.41, 5.74) is 2.04. The summed E-state index contributed by atoms with van der Waals surface area (Å²) in [6.07, 6.45) is 8.28. The van der Waals surface area contributed by atoms with Crippen LogP contribution in [0.1, 0.15) is 56.3 Å². The van der Waals surface area contributed by atoms with Crippen LogP contribution in [-0.2, 0) is 18.4 Å². The largest absolute Gasteiger partial charge is 0.382 e. The number of aliphatic hydroxyl groups is 1. The Balaban J connectivity index is 1.71. The van der Waals surface area contributed by atoms with E-state index in [1.54, 1.807) is 43.0 Å². The minimum Gasteiger partial charge on any atom is -0.382 e. The monoisotopic (exact) mass is 404 g/mol. The first-order valence-electron chi connectivity index (χ1n) is 10.0. The third-order valence-corrected chi connectivity index (χ3v) is 5.10. The van der Waals surface area contributed by atoms with Crippen molar-refractivity contribution in [1.82, 2.24) is 24.6 Å². The second-order valence-corrected chi connectivity index (χ2v) is 7.91. The first-order chi connectivity index (χ1) is 14.4. The Bertz CT molecular complexity index is 1140. The first kappa shape index (κ1) is 19.9. The van der Waals surface area contributed by atoms with E-state index < -0.39 is 5.60 Å². The fraction of sp³-hybridized carbons (Fsp3) is 0.429. The Labute approximate surface area is 174 Å². The molecule has 3 aromatic heterocycles. The van der Waals surface area contributed by atoms with Crippen molar-refractivity contribution in [3.63, 3.8) is 0 Å². The van der Waals surface area contributed by atoms with Crippen molar-refractivity contribution in [2.45, 2.75) is 58.1 Å². The van der Waals surface area contributed by atoms with Crippen LogP contribution >= 0.6 is 0 Å². The molecule has 0 spiro atoms. The van der Waals surface area contributed by atoms with E-state index in [9.17, 15) is 10.4 Å². The molecule has 9 nitrogen and oxygen atoms in total. The van der Waals surface area contributed by atoms with Crippen LogP contribution in [-0.4, -0.2) is 41.9 Å². The third kappa shape index (κ3) is 3.62. The molecule has 0 saturated carbocycles. The van der Waals surface area contributed by atoms with Gasteiger partial charge in [0.2, 0.25) is 0 Å². The number of pyridine rings is 1. The van der Waals surface area contributed by atoms with Crippen molar-refractivity contribution in [2.24, 2.45) is 5.10 Å². The average molecular weight is 404 g/mol.